The monoisotopic (exact) mass is 278 g/mol. The van der Waals surface area contributed by atoms with Crippen molar-refractivity contribution >= 4 is 24.8 Å². The Bertz CT molecular complexity index is 375. The van der Waals surface area contributed by atoms with E-state index in [1.54, 1.807) is 12.1 Å². The van der Waals surface area contributed by atoms with Crippen molar-refractivity contribution in [2.45, 2.75) is 6.04 Å². The third kappa shape index (κ3) is 2.74. The molecule has 2 saturated heterocycles. The van der Waals surface area contributed by atoms with Crippen LogP contribution >= 0.6 is 24.8 Å². The zero-order chi connectivity index (χ0) is 10.3. The number of nitrogens with one attached hydrogen (secondary N) is 2. The number of hydrogen-bond acceptors (Lipinski definition) is 2. The molecule has 0 spiro atoms. The van der Waals surface area contributed by atoms with Gasteiger partial charge in [-0.25, -0.2) is 4.39 Å². The molecular formula is C12H17Cl2FN2. The van der Waals surface area contributed by atoms with E-state index >= 15 is 0 Å². The van der Waals surface area contributed by atoms with Gasteiger partial charge in [-0.2, -0.15) is 0 Å². The summed E-state index contributed by atoms with van der Waals surface area (Å²) in [6.07, 6.45) is 0. The van der Waals surface area contributed by atoms with Crippen LogP contribution in [0.2, 0.25) is 0 Å². The highest BCUT2D eigenvalue weighted by atomic mass is 35.5. The average Bonchev–Trinajstić information content (AvgIpc) is 2.77. The molecule has 96 valence electrons. The average molecular weight is 279 g/mol. The molecule has 17 heavy (non-hydrogen) atoms. The van der Waals surface area contributed by atoms with Crippen molar-refractivity contribution in [2.24, 2.45) is 11.8 Å². The quantitative estimate of drug-likeness (QED) is 0.823. The minimum absolute atomic E-state index is 0. The molecule has 2 aliphatic rings. The van der Waals surface area contributed by atoms with E-state index in [0.717, 1.165) is 31.1 Å². The van der Waals surface area contributed by atoms with E-state index in [-0.39, 0.29) is 30.6 Å². The minimum atomic E-state index is -0.135. The zero-order valence-corrected chi connectivity index (χ0v) is 11.0. The smallest absolute Gasteiger partial charge is 0.123 e. The summed E-state index contributed by atoms with van der Waals surface area (Å²) < 4.78 is 13.1. The molecule has 5 heteroatoms. The van der Waals surface area contributed by atoms with Crippen LogP contribution in [0.4, 0.5) is 4.39 Å². The van der Waals surface area contributed by atoms with Gasteiger partial charge in [0, 0.05) is 19.1 Å². The lowest BCUT2D eigenvalue weighted by Crippen LogP contribution is -2.23. The maximum absolute atomic E-state index is 13.1. The Balaban J connectivity index is 0.000000722. The van der Waals surface area contributed by atoms with Crippen LogP contribution in [0.3, 0.4) is 0 Å². The molecule has 1 aromatic carbocycles. The number of halogens is 3. The van der Waals surface area contributed by atoms with Crippen LogP contribution in [0.15, 0.2) is 24.3 Å². The van der Waals surface area contributed by atoms with Crippen molar-refractivity contribution in [1.82, 2.24) is 10.6 Å². The fourth-order valence-corrected chi connectivity index (χ4v) is 2.86. The molecular weight excluding hydrogens is 262 g/mol. The first-order valence-corrected chi connectivity index (χ1v) is 5.54. The summed E-state index contributed by atoms with van der Waals surface area (Å²) in [6, 6.07) is 7.30. The lowest BCUT2D eigenvalue weighted by Gasteiger charge is -2.18. The maximum Gasteiger partial charge on any atom is 0.123 e. The molecule has 2 heterocycles. The lowest BCUT2D eigenvalue weighted by molar-refractivity contribution is 0.448. The Hall–Kier alpha value is -0.350. The van der Waals surface area contributed by atoms with Gasteiger partial charge in [0.25, 0.3) is 0 Å². The molecule has 0 aliphatic carbocycles. The molecule has 2 fully saturated rings. The van der Waals surface area contributed by atoms with E-state index in [0.29, 0.717) is 12.0 Å². The summed E-state index contributed by atoms with van der Waals surface area (Å²) >= 11 is 0. The minimum Gasteiger partial charge on any atom is -0.316 e. The second-order valence-electron chi connectivity index (χ2n) is 4.52. The fourth-order valence-electron chi connectivity index (χ4n) is 2.86. The predicted molar refractivity (Wildman–Crippen MR) is 71.5 cm³/mol. The summed E-state index contributed by atoms with van der Waals surface area (Å²) in [5.41, 5.74) is 1.09. The lowest BCUT2D eigenvalue weighted by atomic mass is 9.90. The van der Waals surface area contributed by atoms with E-state index in [9.17, 15) is 4.39 Å². The van der Waals surface area contributed by atoms with Gasteiger partial charge in [0.1, 0.15) is 5.82 Å². The number of rotatable bonds is 1. The van der Waals surface area contributed by atoms with E-state index in [2.05, 4.69) is 10.6 Å². The van der Waals surface area contributed by atoms with Gasteiger partial charge in [0.2, 0.25) is 0 Å². The topological polar surface area (TPSA) is 24.1 Å². The number of hydrogen-bond donors (Lipinski definition) is 2. The third-order valence-electron chi connectivity index (χ3n) is 3.63. The van der Waals surface area contributed by atoms with Crippen molar-refractivity contribution in [3.8, 4) is 0 Å². The van der Waals surface area contributed by atoms with Crippen LogP contribution in [0.1, 0.15) is 11.6 Å². The number of benzene rings is 1. The predicted octanol–water partition coefficient (Wildman–Crippen LogP) is 2.15. The van der Waals surface area contributed by atoms with Crippen molar-refractivity contribution in [2.75, 3.05) is 19.6 Å². The van der Waals surface area contributed by atoms with Crippen molar-refractivity contribution < 1.29 is 4.39 Å². The van der Waals surface area contributed by atoms with Gasteiger partial charge >= 0.3 is 0 Å². The molecule has 2 nitrogen and oxygen atoms in total. The van der Waals surface area contributed by atoms with Gasteiger partial charge in [-0.3, -0.25) is 0 Å². The molecule has 0 saturated carbocycles. The van der Waals surface area contributed by atoms with Gasteiger partial charge in [0.05, 0.1) is 0 Å². The van der Waals surface area contributed by atoms with Gasteiger partial charge in [-0.1, -0.05) is 12.1 Å². The van der Waals surface area contributed by atoms with Crippen LogP contribution in [-0.4, -0.2) is 19.6 Å². The Morgan fingerprint density at radius 3 is 2.71 bits per heavy atom. The first-order valence-electron chi connectivity index (χ1n) is 5.54. The van der Waals surface area contributed by atoms with Crippen LogP contribution in [0, 0.1) is 17.7 Å². The standard InChI is InChI=1S/C12H15FN2.2ClH/c13-10-3-1-2-8(4-10)12-11-7-14-5-9(11)6-15-12;;/h1-4,9,11-12,14-15H,5-7H2;2*1H/t9-,11-,12-;;/m0../s1. The van der Waals surface area contributed by atoms with Crippen LogP contribution in [0.5, 0.6) is 0 Å². The molecule has 0 amide bonds. The Kier molecular flexibility index (Phi) is 5.20. The Morgan fingerprint density at radius 1 is 1.12 bits per heavy atom. The molecule has 3 atom stereocenters. The first-order chi connectivity index (χ1) is 7.34. The molecule has 2 N–H and O–H groups in total. The van der Waals surface area contributed by atoms with Gasteiger partial charge < -0.3 is 10.6 Å². The first kappa shape index (κ1) is 14.7. The molecule has 0 radical (unpaired) electrons. The van der Waals surface area contributed by atoms with Crippen molar-refractivity contribution in [1.29, 1.82) is 0 Å². The maximum atomic E-state index is 13.1. The molecule has 2 aliphatic heterocycles. The molecule has 0 unspecified atom stereocenters. The number of fused-ring (bicyclic) bond motifs is 1. The van der Waals surface area contributed by atoms with Gasteiger partial charge in [-0.05, 0) is 36.1 Å². The van der Waals surface area contributed by atoms with Crippen molar-refractivity contribution in [3.05, 3.63) is 35.6 Å². The highest BCUT2D eigenvalue weighted by Crippen LogP contribution is 2.35. The molecule has 0 aromatic heterocycles. The summed E-state index contributed by atoms with van der Waals surface area (Å²) in [4.78, 5) is 0. The SMILES string of the molecule is Cl.Cl.Fc1cccc([C@@H]2NC[C@@H]3CNC[C@@H]32)c1. The summed E-state index contributed by atoms with van der Waals surface area (Å²) in [5, 5.41) is 6.90. The second kappa shape index (κ2) is 6.01. The highest BCUT2D eigenvalue weighted by Gasteiger charge is 2.39. The van der Waals surface area contributed by atoms with E-state index < -0.39 is 0 Å². The third-order valence-corrected chi connectivity index (χ3v) is 3.63. The summed E-state index contributed by atoms with van der Waals surface area (Å²) in [5.74, 6) is 1.22. The van der Waals surface area contributed by atoms with E-state index in [4.69, 9.17) is 0 Å². The highest BCUT2D eigenvalue weighted by molar-refractivity contribution is 5.85. The van der Waals surface area contributed by atoms with Crippen LogP contribution in [-0.2, 0) is 0 Å². The Morgan fingerprint density at radius 2 is 1.94 bits per heavy atom. The van der Waals surface area contributed by atoms with Crippen LogP contribution < -0.4 is 10.6 Å². The van der Waals surface area contributed by atoms with Crippen LogP contribution in [0.25, 0.3) is 0 Å². The normalized spacial score (nSPS) is 30.3. The summed E-state index contributed by atoms with van der Waals surface area (Å²) in [6.45, 7) is 3.21. The van der Waals surface area contributed by atoms with E-state index in [1.165, 1.54) is 6.07 Å². The molecule has 1 aromatic rings. The largest absolute Gasteiger partial charge is 0.316 e. The summed E-state index contributed by atoms with van der Waals surface area (Å²) in [7, 11) is 0. The van der Waals surface area contributed by atoms with Gasteiger partial charge in [-0.15, -0.1) is 24.8 Å². The van der Waals surface area contributed by atoms with E-state index in [1.807, 2.05) is 6.07 Å². The fraction of sp³-hybridized carbons (Fsp3) is 0.500. The zero-order valence-electron chi connectivity index (χ0n) is 9.36. The van der Waals surface area contributed by atoms with Gasteiger partial charge in [0.15, 0.2) is 0 Å². The van der Waals surface area contributed by atoms with Crippen molar-refractivity contribution in [3.63, 3.8) is 0 Å². The molecule has 3 rings (SSSR count). The Labute approximate surface area is 113 Å². The second-order valence-corrected chi connectivity index (χ2v) is 4.52. The molecule has 0 bridgehead atoms.